The Balaban J connectivity index is 2.18. The average Bonchev–Trinajstić information content (AvgIpc) is 2.77. The summed E-state index contributed by atoms with van der Waals surface area (Å²) < 4.78 is 2.92. The molecule has 0 saturated carbocycles. The molecule has 0 aliphatic carbocycles. The lowest BCUT2D eigenvalue weighted by molar-refractivity contribution is 0.623. The topological polar surface area (TPSA) is 53.6 Å². The molecular formula is C14H15BrN4. The van der Waals surface area contributed by atoms with Gasteiger partial charge in [0.25, 0.3) is 0 Å². The van der Waals surface area contributed by atoms with Crippen LogP contribution in [0.2, 0.25) is 0 Å². The van der Waals surface area contributed by atoms with Crippen LogP contribution in [0.15, 0.2) is 28.7 Å². The molecule has 0 aliphatic heterocycles. The van der Waals surface area contributed by atoms with Crippen LogP contribution in [0.25, 0.3) is 0 Å². The number of nitrogens with one attached hydrogen (secondary N) is 1. The Morgan fingerprint density at radius 1 is 1.42 bits per heavy atom. The number of anilines is 1. The molecule has 0 spiro atoms. The Hall–Kier alpha value is -1.80. The lowest BCUT2D eigenvalue weighted by Gasteiger charge is -2.09. The molecule has 0 saturated heterocycles. The van der Waals surface area contributed by atoms with E-state index in [1.54, 1.807) is 6.07 Å². The quantitative estimate of drug-likeness (QED) is 0.939. The van der Waals surface area contributed by atoms with Crippen LogP contribution in [-0.4, -0.2) is 9.78 Å². The predicted molar refractivity (Wildman–Crippen MR) is 78.8 cm³/mol. The number of hydrogen-bond donors (Lipinski definition) is 1. The summed E-state index contributed by atoms with van der Waals surface area (Å²) in [5, 5.41) is 16.8. The average molecular weight is 319 g/mol. The van der Waals surface area contributed by atoms with Gasteiger partial charge in [-0.15, -0.1) is 0 Å². The van der Waals surface area contributed by atoms with Crippen LogP contribution in [0.1, 0.15) is 23.9 Å². The molecule has 4 nitrogen and oxygen atoms in total. The molecule has 0 fully saturated rings. The van der Waals surface area contributed by atoms with E-state index in [0.717, 1.165) is 28.1 Å². The van der Waals surface area contributed by atoms with Gasteiger partial charge in [-0.2, -0.15) is 10.4 Å². The van der Waals surface area contributed by atoms with Gasteiger partial charge in [-0.3, -0.25) is 4.68 Å². The first kappa shape index (κ1) is 13.6. The molecule has 2 aromatic rings. The van der Waals surface area contributed by atoms with Gasteiger partial charge in [0.05, 0.1) is 29.2 Å². The second-order valence-electron chi connectivity index (χ2n) is 4.25. The zero-order chi connectivity index (χ0) is 13.8. The number of nitrogens with zero attached hydrogens (tertiary/aromatic N) is 3. The van der Waals surface area contributed by atoms with Gasteiger partial charge in [-0.05, 0) is 38.1 Å². The summed E-state index contributed by atoms with van der Waals surface area (Å²) in [5.74, 6) is 0. The van der Waals surface area contributed by atoms with Crippen molar-refractivity contribution >= 4 is 21.6 Å². The summed E-state index contributed by atoms with van der Waals surface area (Å²) in [6.07, 6.45) is 0. The fourth-order valence-corrected chi connectivity index (χ4v) is 2.32. The van der Waals surface area contributed by atoms with E-state index in [2.05, 4.69) is 45.4 Å². The molecule has 1 N–H and O–H groups in total. The van der Waals surface area contributed by atoms with Crippen LogP contribution in [0.3, 0.4) is 0 Å². The number of benzene rings is 1. The van der Waals surface area contributed by atoms with E-state index < -0.39 is 0 Å². The zero-order valence-corrected chi connectivity index (χ0v) is 12.5. The molecular weight excluding hydrogens is 304 g/mol. The van der Waals surface area contributed by atoms with Crippen molar-refractivity contribution in [2.75, 3.05) is 5.32 Å². The highest BCUT2D eigenvalue weighted by Gasteiger charge is 2.06. The summed E-state index contributed by atoms with van der Waals surface area (Å²) in [7, 11) is 0. The van der Waals surface area contributed by atoms with Crippen LogP contribution in [0.4, 0.5) is 5.69 Å². The highest BCUT2D eigenvalue weighted by molar-refractivity contribution is 9.10. The van der Waals surface area contributed by atoms with Crippen molar-refractivity contribution in [3.63, 3.8) is 0 Å². The monoisotopic (exact) mass is 318 g/mol. The molecule has 19 heavy (non-hydrogen) atoms. The molecule has 1 aromatic heterocycles. The summed E-state index contributed by atoms with van der Waals surface area (Å²) in [4.78, 5) is 0. The lowest BCUT2D eigenvalue weighted by Crippen LogP contribution is -2.08. The van der Waals surface area contributed by atoms with Crippen molar-refractivity contribution in [1.29, 1.82) is 5.26 Å². The maximum atomic E-state index is 9.09. The first-order valence-corrected chi connectivity index (χ1v) is 6.90. The van der Waals surface area contributed by atoms with Crippen LogP contribution in [-0.2, 0) is 13.1 Å². The minimum absolute atomic E-state index is 0.641. The smallest absolute Gasteiger partial charge is 0.101 e. The number of halogens is 1. The Kier molecular flexibility index (Phi) is 4.23. The molecule has 0 unspecified atom stereocenters. The van der Waals surface area contributed by atoms with E-state index in [1.807, 2.05) is 23.7 Å². The molecule has 0 atom stereocenters. The molecule has 2 rings (SSSR count). The first-order valence-electron chi connectivity index (χ1n) is 6.11. The van der Waals surface area contributed by atoms with E-state index >= 15 is 0 Å². The van der Waals surface area contributed by atoms with Crippen molar-refractivity contribution in [2.45, 2.75) is 26.9 Å². The number of nitriles is 1. The second kappa shape index (κ2) is 5.89. The van der Waals surface area contributed by atoms with Crippen molar-refractivity contribution in [2.24, 2.45) is 0 Å². The molecule has 0 amide bonds. The summed E-state index contributed by atoms with van der Waals surface area (Å²) in [5.41, 5.74) is 3.60. The van der Waals surface area contributed by atoms with Gasteiger partial charge in [0, 0.05) is 11.0 Å². The van der Waals surface area contributed by atoms with Crippen LogP contribution in [0, 0.1) is 18.3 Å². The Labute approximate surface area is 121 Å². The van der Waals surface area contributed by atoms with E-state index in [9.17, 15) is 0 Å². The van der Waals surface area contributed by atoms with Gasteiger partial charge in [0.15, 0.2) is 0 Å². The normalized spacial score (nSPS) is 10.2. The highest BCUT2D eigenvalue weighted by Crippen LogP contribution is 2.21. The van der Waals surface area contributed by atoms with Crippen molar-refractivity contribution in [3.8, 4) is 6.07 Å². The van der Waals surface area contributed by atoms with E-state index in [1.165, 1.54) is 0 Å². The third-order valence-corrected chi connectivity index (χ3v) is 3.34. The van der Waals surface area contributed by atoms with E-state index in [0.29, 0.717) is 12.1 Å². The Morgan fingerprint density at radius 2 is 2.21 bits per heavy atom. The molecule has 1 heterocycles. The summed E-state index contributed by atoms with van der Waals surface area (Å²) in [6.45, 7) is 5.54. The minimum Gasteiger partial charge on any atom is -0.378 e. The lowest BCUT2D eigenvalue weighted by atomic mass is 10.2. The van der Waals surface area contributed by atoms with Gasteiger partial charge in [0.2, 0.25) is 0 Å². The van der Waals surface area contributed by atoms with Crippen molar-refractivity contribution < 1.29 is 0 Å². The largest absolute Gasteiger partial charge is 0.378 e. The third-order valence-electron chi connectivity index (χ3n) is 2.85. The van der Waals surface area contributed by atoms with Crippen molar-refractivity contribution in [1.82, 2.24) is 9.78 Å². The maximum Gasteiger partial charge on any atom is 0.101 e. The number of aromatic nitrogens is 2. The van der Waals surface area contributed by atoms with E-state index in [-0.39, 0.29) is 0 Å². The SMILES string of the molecule is CCn1nc(C)cc1CNc1cc(Br)ccc1C#N. The van der Waals surface area contributed by atoms with Gasteiger partial charge in [-0.1, -0.05) is 15.9 Å². The Morgan fingerprint density at radius 3 is 2.89 bits per heavy atom. The molecule has 0 bridgehead atoms. The zero-order valence-electron chi connectivity index (χ0n) is 10.9. The van der Waals surface area contributed by atoms with Crippen LogP contribution in [0.5, 0.6) is 0 Å². The predicted octanol–water partition coefficient (Wildman–Crippen LogP) is 3.46. The minimum atomic E-state index is 0.641. The standard InChI is InChI=1S/C14H15BrN4/c1-3-19-13(6-10(2)18-19)9-17-14-7-12(15)5-4-11(14)8-16/h4-7,17H,3,9H2,1-2H3. The van der Waals surface area contributed by atoms with E-state index in [4.69, 9.17) is 5.26 Å². The van der Waals surface area contributed by atoms with Crippen molar-refractivity contribution in [3.05, 3.63) is 45.7 Å². The van der Waals surface area contributed by atoms with Gasteiger partial charge < -0.3 is 5.32 Å². The fraction of sp³-hybridized carbons (Fsp3) is 0.286. The fourth-order valence-electron chi connectivity index (χ4n) is 1.96. The van der Waals surface area contributed by atoms with Gasteiger partial charge in [0.1, 0.15) is 6.07 Å². The molecule has 1 aromatic carbocycles. The molecule has 0 radical (unpaired) electrons. The molecule has 0 aliphatic rings. The summed E-state index contributed by atoms with van der Waals surface area (Å²) in [6, 6.07) is 9.82. The maximum absolute atomic E-state index is 9.09. The van der Waals surface area contributed by atoms with Gasteiger partial charge >= 0.3 is 0 Å². The Bertz CT molecular complexity index is 625. The highest BCUT2D eigenvalue weighted by atomic mass is 79.9. The summed E-state index contributed by atoms with van der Waals surface area (Å²) >= 11 is 3.42. The second-order valence-corrected chi connectivity index (χ2v) is 5.16. The van der Waals surface area contributed by atoms with Crippen LogP contribution >= 0.6 is 15.9 Å². The number of aryl methyl sites for hydroxylation is 2. The molecule has 98 valence electrons. The number of hydrogen-bond acceptors (Lipinski definition) is 3. The molecule has 5 heteroatoms. The van der Waals surface area contributed by atoms with Gasteiger partial charge in [-0.25, -0.2) is 0 Å². The van der Waals surface area contributed by atoms with Crippen LogP contribution < -0.4 is 5.32 Å². The third kappa shape index (κ3) is 3.15. The first-order chi connectivity index (χ1) is 9.13. The number of rotatable bonds is 4.